The summed E-state index contributed by atoms with van der Waals surface area (Å²) < 4.78 is 11.3. The van der Waals surface area contributed by atoms with Crippen LogP contribution in [0.4, 0.5) is 0 Å². The fourth-order valence-corrected chi connectivity index (χ4v) is 1.23. The van der Waals surface area contributed by atoms with Gasteiger partial charge >= 0.3 is 0 Å². The van der Waals surface area contributed by atoms with E-state index in [0.29, 0.717) is 12.4 Å². The van der Waals surface area contributed by atoms with E-state index in [1.165, 1.54) is 0 Å². The summed E-state index contributed by atoms with van der Waals surface area (Å²) in [5.74, 6) is 1.46. The number of rotatable bonds is 3. The molecule has 1 aromatic carbocycles. The number of nitrogens with zero attached hydrogens (tertiary/aromatic N) is 1. The third-order valence-electron chi connectivity index (χ3n) is 1.64. The number of hydrogen-bond donors (Lipinski definition) is 0. The largest absolute Gasteiger partial charge is 0.504 e. The van der Waals surface area contributed by atoms with E-state index in [1.807, 2.05) is 24.3 Å². The quantitative estimate of drug-likeness (QED) is 0.621. The molecule has 3 nitrogen and oxygen atoms in total. The second-order valence-corrected chi connectivity index (χ2v) is 3.58. The molecule has 0 saturated carbocycles. The van der Waals surface area contributed by atoms with Gasteiger partial charge in [0.1, 0.15) is 5.75 Å². The van der Waals surface area contributed by atoms with E-state index < -0.39 is 0 Å². The van der Waals surface area contributed by atoms with E-state index >= 15 is 0 Å². The van der Waals surface area contributed by atoms with E-state index in [-0.39, 0.29) is 31.1 Å². The number of ether oxygens (including phenoxy) is 1. The maximum atomic E-state index is 5.43. The van der Waals surface area contributed by atoms with Crippen molar-refractivity contribution >= 4 is 15.9 Å². The zero-order chi connectivity index (χ0) is 9.80. The summed E-state index contributed by atoms with van der Waals surface area (Å²) in [6.07, 6.45) is 2.57. The fourth-order valence-electron chi connectivity index (χ4n) is 0.963. The molecule has 0 fully saturated rings. The first-order valence-electron chi connectivity index (χ1n) is 4.04. The van der Waals surface area contributed by atoms with Crippen molar-refractivity contribution in [1.29, 1.82) is 0 Å². The fraction of sp³-hybridized carbons (Fsp3) is 0.100. The molecule has 5 heteroatoms. The summed E-state index contributed by atoms with van der Waals surface area (Å²) in [6, 6.07) is 9.25. The van der Waals surface area contributed by atoms with Crippen LogP contribution in [-0.2, 0) is 6.61 Å². The second-order valence-electron chi connectivity index (χ2n) is 2.66. The average Bonchev–Trinajstić information content (AvgIpc) is 2.70. The van der Waals surface area contributed by atoms with Crippen molar-refractivity contribution in [3.8, 4) is 5.75 Å². The normalized spacial score (nSPS) is 9.40. The molecule has 0 radical (unpaired) electrons. The van der Waals surface area contributed by atoms with Gasteiger partial charge in [-0.1, -0.05) is 15.9 Å². The van der Waals surface area contributed by atoms with E-state index in [1.54, 1.807) is 6.07 Å². The Morgan fingerprint density at radius 2 is 2.07 bits per heavy atom. The van der Waals surface area contributed by atoms with Gasteiger partial charge < -0.3 is 9.26 Å². The van der Waals surface area contributed by atoms with Gasteiger partial charge in [0, 0.05) is 41.3 Å². The average molecular weight is 491 g/mol. The summed E-state index contributed by atoms with van der Waals surface area (Å²) in [6.45, 7) is 0.373. The minimum Gasteiger partial charge on any atom is -0.504 e. The van der Waals surface area contributed by atoms with Gasteiger partial charge in [-0.3, -0.25) is 0 Å². The third kappa shape index (κ3) is 4.02. The molecular weight excluding hydrogens is 484 g/mol. The molecule has 0 atom stereocenters. The molecule has 0 aliphatic heterocycles. The number of benzene rings is 1. The minimum atomic E-state index is 0. The van der Waals surface area contributed by atoms with Gasteiger partial charge in [-0.25, -0.2) is 5.16 Å². The predicted octanol–water partition coefficient (Wildman–Crippen LogP) is 2.82. The molecule has 2 aromatic rings. The first-order chi connectivity index (χ1) is 6.84. The molecule has 0 amide bonds. The van der Waals surface area contributed by atoms with Gasteiger partial charge in [-0.2, -0.15) is 6.07 Å². The van der Waals surface area contributed by atoms with Crippen molar-refractivity contribution in [2.45, 2.75) is 6.61 Å². The Bertz CT molecular complexity index is 388. The molecule has 0 bridgehead atoms. The van der Waals surface area contributed by atoms with E-state index in [0.717, 1.165) is 10.2 Å². The van der Waals surface area contributed by atoms with Crippen LogP contribution in [0.3, 0.4) is 0 Å². The van der Waals surface area contributed by atoms with Gasteiger partial charge in [-0.15, -0.1) is 6.20 Å². The molecule has 0 saturated heterocycles. The van der Waals surface area contributed by atoms with Crippen LogP contribution in [0.25, 0.3) is 0 Å². The molecule has 1 heterocycles. The monoisotopic (exact) mass is 490 g/mol. The summed E-state index contributed by atoms with van der Waals surface area (Å²) in [4.78, 5) is 0. The van der Waals surface area contributed by atoms with Crippen LogP contribution in [0, 0.1) is 37.3 Å². The molecular formula is C10H7BrNO2U-. The molecule has 0 unspecified atom stereocenters. The summed E-state index contributed by atoms with van der Waals surface area (Å²) in [7, 11) is 0. The SMILES string of the molecule is Brc1ccc(OCc2c[c-]no2)cc1.[U]. The topological polar surface area (TPSA) is 35.3 Å². The van der Waals surface area contributed by atoms with Crippen LogP contribution in [0.15, 0.2) is 39.3 Å². The molecule has 2 rings (SSSR count). The summed E-state index contributed by atoms with van der Waals surface area (Å²) >= 11 is 3.35. The van der Waals surface area contributed by atoms with Gasteiger partial charge in [0.15, 0.2) is 0 Å². The number of halogens is 1. The number of hydrogen-bond acceptors (Lipinski definition) is 3. The van der Waals surface area contributed by atoms with E-state index in [9.17, 15) is 0 Å². The van der Waals surface area contributed by atoms with Gasteiger partial charge in [0.05, 0.1) is 6.61 Å². The first kappa shape index (κ1) is 12.8. The molecule has 15 heavy (non-hydrogen) atoms. The Morgan fingerprint density at radius 1 is 1.33 bits per heavy atom. The van der Waals surface area contributed by atoms with Crippen molar-refractivity contribution in [2.75, 3.05) is 0 Å². The molecule has 0 aliphatic carbocycles. The molecule has 0 spiro atoms. The summed E-state index contributed by atoms with van der Waals surface area (Å²) in [5, 5.41) is 3.46. The van der Waals surface area contributed by atoms with Crippen molar-refractivity contribution in [2.24, 2.45) is 0 Å². The minimum absolute atomic E-state index is 0. The maximum Gasteiger partial charge on any atom is 0.117 e. The van der Waals surface area contributed by atoms with Crippen molar-refractivity contribution in [3.63, 3.8) is 0 Å². The van der Waals surface area contributed by atoms with Crippen LogP contribution in [-0.4, -0.2) is 5.16 Å². The van der Waals surface area contributed by atoms with Crippen LogP contribution in [0.2, 0.25) is 0 Å². The Hall–Kier alpha value is -0.238. The zero-order valence-electron chi connectivity index (χ0n) is 7.74. The van der Waals surface area contributed by atoms with Crippen LogP contribution in [0.1, 0.15) is 5.76 Å². The second kappa shape index (κ2) is 6.37. The van der Waals surface area contributed by atoms with Crippen molar-refractivity contribution in [3.05, 3.63) is 46.8 Å². The van der Waals surface area contributed by atoms with Crippen LogP contribution < -0.4 is 4.74 Å². The molecule has 0 aliphatic rings. The molecule has 0 N–H and O–H groups in total. The van der Waals surface area contributed by atoms with Crippen molar-refractivity contribution < 1.29 is 40.4 Å². The van der Waals surface area contributed by atoms with Gasteiger partial charge in [0.25, 0.3) is 0 Å². The number of aromatic nitrogens is 1. The Balaban J connectivity index is 0.00000112. The van der Waals surface area contributed by atoms with Gasteiger partial charge in [-0.05, 0) is 24.3 Å². The smallest absolute Gasteiger partial charge is 0.117 e. The Labute approximate surface area is 120 Å². The predicted molar refractivity (Wildman–Crippen MR) is 53.8 cm³/mol. The summed E-state index contributed by atoms with van der Waals surface area (Å²) in [5.41, 5.74) is 0. The van der Waals surface area contributed by atoms with Gasteiger partial charge in [0.2, 0.25) is 0 Å². The molecule has 1 aromatic heterocycles. The van der Waals surface area contributed by atoms with Crippen molar-refractivity contribution in [1.82, 2.24) is 5.16 Å². The van der Waals surface area contributed by atoms with Crippen LogP contribution in [0.5, 0.6) is 5.75 Å². The Morgan fingerprint density at radius 3 is 2.67 bits per heavy atom. The standard InChI is InChI=1S/C10H7BrNO2.U/c11-8-1-3-9(4-2-8)13-7-10-5-6-12-14-10;/h1-5H,7H2;/q-1;. The Kier molecular flexibility index (Phi) is 5.45. The maximum absolute atomic E-state index is 5.43. The van der Waals surface area contributed by atoms with Crippen LogP contribution >= 0.6 is 15.9 Å². The van der Waals surface area contributed by atoms with E-state index in [2.05, 4.69) is 27.3 Å². The van der Waals surface area contributed by atoms with E-state index in [4.69, 9.17) is 9.26 Å². The first-order valence-corrected chi connectivity index (χ1v) is 4.84. The third-order valence-corrected chi connectivity index (χ3v) is 2.16. The molecule has 76 valence electrons. The zero-order valence-corrected chi connectivity index (χ0v) is 13.5.